The van der Waals surface area contributed by atoms with Gasteiger partial charge in [-0.3, -0.25) is 18.6 Å². The lowest BCUT2D eigenvalue weighted by molar-refractivity contribution is -0.870. The topological polar surface area (TPSA) is 108 Å². The Kier molecular flexibility index (Phi) is 70.4. The van der Waals surface area contributed by atoms with Crippen LogP contribution < -0.4 is 0 Å². The van der Waals surface area contributed by atoms with Gasteiger partial charge >= 0.3 is 19.8 Å². The lowest BCUT2D eigenvalue weighted by Crippen LogP contribution is -2.37. The van der Waals surface area contributed by atoms with E-state index in [4.69, 9.17) is 18.5 Å². The van der Waals surface area contributed by atoms with E-state index in [1.54, 1.807) is 0 Å². The van der Waals surface area contributed by atoms with Crippen LogP contribution in [0.3, 0.4) is 0 Å². The van der Waals surface area contributed by atoms with Crippen LogP contribution in [0.1, 0.15) is 335 Å². The van der Waals surface area contributed by atoms with Gasteiger partial charge in [0.25, 0.3) is 0 Å². The van der Waals surface area contributed by atoms with Crippen molar-refractivity contribution in [3.63, 3.8) is 0 Å². The molecule has 0 radical (unpaired) electrons. The summed E-state index contributed by atoms with van der Waals surface area (Å²) in [5.74, 6) is -0.792. The van der Waals surface area contributed by atoms with Crippen LogP contribution in [0.15, 0.2) is 134 Å². The summed E-state index contributed by atoms with van der Waals surface area (Å²) in [5.41, 5.74) is 0. The van der Waals surface area contributed by atoms with Crippen molar-refractivity contribution in [2.75, 3.05) is 47.5 Å². The van der Waals surface area contributed by atoms with Crippen molar-refractivity contribution in [2.45, 2.75) is 341 Å². The molecule has 0 aromatic carbocycles. The van der Waals surface area contributed by atoms with Crippen molar-refractivity contribution in [2.24, 2.45) is 0 Å². The van der Waals surface area contributed by atoms with Gasteiger partial charge in [0, 0.05) is 12.8 Å². The smallest absolute Gasteiger partial charge is 0.462 e. The van der Waals surface area contributed by atoms with E-state index < -0.39 is 26.5 Å². The zero-order valence-electron chi connectivity index (χ0n) is 61.7. The third kappa shape index (κ3) is 77.2. The molecule has 0 aliphatic heterocycles. The Morgan fingerprint density at radius 3 is 0.904 bits per heavy atom. The predicted molar refractivity (Wildman–Crippen MR) is 408 cm³/mol. The second-order valence-electron chi connectivity index (χ2n) is 27.0. The molecule has 1 N–H and O–H groups in total. The third-order valence-electron chi connectivity index (χ3n) is 16.7. The SMILES string of the molecule is CC/C=C\C/C=C\C/C=C\C/C=C\C/C=C\C/C=C\C/C=C\C/C=C\C/C=C\CCCCCCCCCCCCCCCC(=O)OC(COC(=O)CCCCCCCCCCCCCCCCCCC/C=C\C/C=C\CCCCCCC)COP(=O)(O)OCC[N+](C)(C)C. The molecule has 0 aliphatic carbocycles. The van der Waals surface area contributed by atoms with Crippen LogP contribution in [-0.2, 0) is 32.7 Å². The molecule has 94 heavy (non-hydrogen) atoms. The van der Waals surface area contributed by atoms with Crippen molar-refractivity contribution in [1.82, 2.24) is 0 Å². The number of esters is 2. The summed E-state index contributed by atoms with van der Waals surface area (Å²) in [6, 6.07) is 0. The normalized spacial score (nSPS) is 13.8. The van der Waals surface area contributed by atoms with Crippen LogP contribution in [0.4, 0.5) is 0 Å². The largest absolute Gasteiger partial charge is 0.472 e. The highest BCUT2D eigenvalue weighted by Gasteiger charge is 2.27. The van der Waals surface area contributed by atoms with Gasteiger partial charge in [0.2, 0.25) is 0 Å². The first kappa shape index (κ1) is 90.2. The maximum atomic E-state index is 12.9. The average Bonchev–Trinajstić information content (AvgIpc) is 1.57. The molecule has 0 rings (SSSR count). The van der Waals surface area contributed by atoms with Crippen molar-refractivity contribution in [3.8, 4) is 0 Å². The predicted octanol–water partition coefficient (Wildman–Crippen LogP) is 25.9. The minimum Gasteiger partial charge on any atom is -0.462 e. The number of allylic oxidation sites excluding steroid dienone is 22. The van der Waals surface area contributed by atoms with E-state index in [2.05, 4.69) is 148 Å². The molecule has 0 bridgehead atoms. The van der Waals surface area contributed by atoms with Gasteiger partial charge in [-0.15, -0.1) is 0 Å². The van der Waals surface area contributed by atoms with Gasteiger partial charge in [-0.1, -0.05) is 340 Å². The number of carbonyl (C=O) groups is 2. The summed E-state index contributed by atoms with van der Waals surface area (Å²) in [6.45, 7) is 4.34. The number of ether oxygens (including phenoxy) is 2. The number of quaternary nitrogens is 1. The average molecular weight is 1330 g/mol. The fourth-order valence-corrected chi connectivity index (χ4v) is 11.5. The highest BCUT2D eigenvalue weighted by molar-refractivity contribution is 7.47. The van der Waals surface area contributed by atoms with Gasteiger partial charge in [-0.05, 0) is 116 Å². The molecular weight excluding hydrogens is 1180 g/mol. The Labute approximate surface area is 581 Å². The van der Waals surface area contributed by atoms with E-state index in [9.17, 15) is 19.0 Å². The third-order valence-corrected chi connectivity index (χ3v) is 17.6. The maximum Gasteiger partial charge on any atom is 0.472 e. The van der Waals surface area contributed by atoms with Crippen LogP contribution in [0.2, 0.25) is 0 Å². The van der Waals surface area contributed by atoms with E-state index in [1.807, 2.05) is 21.1 Å². The molecule has 10 heteroatoms. The van der Waals surface area contributed by atoms with Gasteiger partial charge in [0.1, 0.15) is 19.8 Å². The molecular formula is C84H147NO8P+. The van der Waals surface area contributed by atoms with Crippen LogP contribution in [-0.4, -0.2) is 74.9 Å². The van der Waals surface area contributed by atoms with Gasteiger partial charge < -0.3 is 18.9 Å². The quantitative estimate of drug-likeness (QED) is 0.0211. The molecule has 2 atom stereocenters. The molecule has 0 aromatic rings. The molecule has 0 fully saturated rings. The molecule has 2 unspecified atom stereocenters. The van der Waals surface area contributed by atoms with Crippen molar-refractivity contribution in [3.05, 3.63) is 134 Å². The first-order chi connectivity index (χ1) is 46.0. The molecule has 0 aromatic heterocycles. The van der Waals surface area contributed by atoms with Crippen molar-refractivity contribution in [1.29, 1.82) is 0 Å². The standard InChI is InChI=1S/C84H146NO8P/c1-6-8-10-12-14-16-18-20-22-24-26-28-30-32-34-36-37-38-39-40-41-42-43-44-45-46-47-49-51-53-55-57-59-61-63-65-67-69-71-73-75-77-84(87)93-82(81-92-94(88,89)91-79-78-85(3,4)5)80-90-83(86)76-74-72-70-68-66-64-62-60-58-56-54-52-50-48-35-33-31-29-27-25-23-21-19-17-15-13-11-9-7-2/h8,10,14,16,19-22,25-28,32,34,37-38,40-41,43-44,46-47,82H,6-7,9,11-13,15,17-18,23-24,29-31,33,35-36,39,42,45,48-81H2,1-5H3/p+1/b10-8-,16-14-,21-19-,22-20-,27-25-,28-26-,34-32-,38-37-,41-40-,44-43-,47-46-. The Bertz CT molecular complexity index is 2050. The highest BCUT2D eigenvalue weighted by atomic mass is 31.2. The minimum atomic E-state index is -4.40. The number of unbranched alkanes of at least 4 members (excludes halogenated alkanes) is 35. The lowest BCUT2D eigenvalue weighted by Gasteiger charge is -2.24. The number of likely N-dealkylation sites (N-methyl/N-ethyl adjacent to an activating group) is 1. The molecule has 0 saturated heterocycles. The Morgan fingerprint density at radius 2 is 0.606 bits per heavy atom. The van der Waals surface area contributed by atoms with Gasteiger partial charge in [-0.25, -0.2) is 4.57 Å². The van der Waals surface area contributed by atoms with Crippen LogP contribution in [0.5, 0.6) is 0 Å². The molecule has 0 aliphatic rings. The fraction of sp³-hybridized carbons (Fsp3) is 0.714. The number of hydrogen-bond acceptors (Lipinski definition) is 7. The van der Waals surface area contributed by atoms with E-state index in [1.165, 1.54) is 199 Å². The van der Waals surface area contributed by atoms with E-state index in [0.717, 1.165) is 103 Å². The van der Waals surface area contributed by atoms with E-state index in [-0.39, 0.29) is 32.0 Å². The molecule has 0 amide bonds. The van der Waals surface area contributed by atoms with E-state index in [0.29, 0.717) is 17.4 Å². The Balaban J connectivity index is 4.01. The number of hydrogen-bond donors (Lipinski definition) is 1. The summed E-state index contributed by atoms with van der Waals surface area (Å²) >= 11 is 0. The number of phosphoric ester groups is 1. The first-order valence-electron chi connectivity index (χ1n) is 38.9. The van der Waals surface area contributed by atoms with Gasteiger partial charge in [0.15, 0.2) is 6.10 Å². The van der Waals surface area contributed by atoms with Crippen LogP contribution >= 0.6 is 7.82 Å². The highest BCUT2D eigenvalue weighted by Crippen LogP contribution is 2.43. The van der Waals surface area contributed by atoms with Crippen molar-refractivity contribution >= 4 is 19.8 Å². The molecule has 9 nitrogen and oxygen atoms in total. The summed E-state index contributed by atoms with van der Waals surface area (Å²) in [6.07, 6.45) is 107. The minimum absolute atomic E-state index is 0.0280. The number of rotatable bonds is 71. The summed E-state index contributed by atoms with van der Waals surface area (Å²) in [5, 5.41) is 0. The zero-order chi connectivity index (χ0) is 68.3. The molecule has 0 heterocycles. The Morgan fingerprint density at radius 1 is 0.340 bits per heavy atom. The lowest BCUT2D eigenvalue weighted by atomic mass is 10.0. The Hall–Kier alpha value is -3.85. The molecule has 0 spiro atoms. The number of nitrogens with zero attached hydrogens (tertiary/aromatic N) is 1. The van der Waals surface area contributed by atoms with Crippen LogP contribution in [0, 0.1) is 0 Å². The number of phosphoric acid groups is 1. The monoisotopic (exact) mass is 1330 g/mol. The van der Waals surface area contributed by atoms with Gasteiger partial charge in [-0.2, -0.15) is 0 Å². The number of carbonyl (C=O) groups excluding carboxylic acids is 2. The first-order valence-corrected chi connectivity index (χ1v) is 40.4. The summed E-state index contributed by atoms with van der Waals surface area (Å²) in [7, 11) is 1.48. The maximum absolute atomic E-state index is 12.9. The summed E-state index contributed by atoms with van der Waals surface area (Å²) < 4.78 is 34.8. The van der Waals surface area contributed by atoms with Gasteiger partial charge in [0.05, 0.1) is 27.7 Å². The van der Waals surface area contributed by atoms with Crippen molar-refractivity contribution < 1.29 is 42.1 Å². The second-order valence-corrected chi connectivity index (χ2v) is 28.5. The van der Waals surface area contributed by atoms with Crippen LogP contribution in [0.25, 0.3) is 0 Å². The zero-order valence-corrected chi connectivity index (χ0v) is 62.6. The molecule has 540 valence electrons. The van der Waals surface area contributed by atoms with E-state index >= 15 is 0 Å². The summed E-state index contributed by atoms with van der Waals surface area (Å²) in [4.78, 5) is 36.0. The fourth-order valence-electron chi connectivity index (χ4n) is 10.7. The molecule has 0 saturated carbocycles. The second kappa shape index (κ2) is 73.4.